The van der Waals surface area contributed by atoms with Crippen molar-refractivity contribution in [2.24, 2.45) is 5.73 Å². The van der Waals surface area contributed by atoms with Crippen molar-refractivity contribution in [2.45, 2.75) is 39.3 Å². The number of hydrogen-bond donors (Lipinski definition) is 3. The number of nitrogens with two attached hydrogens (primary N) is 1. The van der Waals surface area contributed by atoms with Crippen LogP contribution in [-0.4, -0.2) is 40.6 Å². The second-order valence-electron chi connectivity index (χ2n) is 4.42. The van der Waals surface area contributed by atoms with Gasteiger partial charge in [0.05, 0.1) is 6.04 Å². The van der Waals surface area contributed by atoms with E-state index in [4.69, 9.17) is 10.5 Å². The Hall–Kier alpha value is -1.50. The number of ether oxygens (including phenoxy) is 1. The summed E-state index contributed by atoms with van der Waals surface area (Å²) < 4.78 is 4.92. The van der Waals surface area contributed by atoms with Gasteiger partial charge in [-0.1, -0.05) is 0 Å². The monoisotopic (exact) mass is 233 g/mol. The van der Waals surface area contributed by atoms with Crippen LogP contribution in [0.15, 0.2) is 0 Å². The first kappa shape index (κ1) is 14.5. The van der Waals surface area contributed by atoms with Crippen molar-refractivity contribution >= 4 is 12.1 Å². The minimum absolute atomic E-state index is 0.0467. The average Bonchev–Trinajstić information content (AvgIpc) is 2.10. The summed E-state index contributed by atoms with van der Waals surface area (Å²) in [5.74, 6) is 0. The molecule has 1 atom stereocenters. The molecular weight excluding hydrogens is 214 g/mol. The Labute approximate surface area is 94.5 Å². The Balaban J connectivity index is 4.16. The molecule has 0 fully saturated rings. The van der Waals surface area contributed by atoms with Gasteiger partial charge in [-0.3, -0.25) is 5.21 Å². The molecule has 0 bridgehead atoms. The predicted octanol–water partition coefficient (Wildman–Crippen LogP) is 0.669. The van der Waals surface area contributed by atoms with Crippen LogP contribution < -0.4 is 11.1 Å². The SMILES string of the molecule is C[C@H](CNC(N)=O)N(O)C(=O)OC(C)(C)C. The Kier molecular flexibility index (Phi) is 5.03. The van der Waals surface area contributed by atoms with Gasteiger partial charge in [-0.15, -0.1) is 0 Å². The van der Waals surface area contributed by atoms with Crippen LogP contribution in [0.1, 0.15) is 27.7 Å². The maximum atomic E-state index is 11.4. The topological polar surface area (TPSA) is 105 Å². The summed E-state index contributed by atoms with van der Waals surface area (Å²) in [6, 6.07) is -1.34. The molecule has 0 aliphatic carbocycles. The van der Waals surface area contributed by atoms with E-state index in [0.717, 1.165) is 0 Å². The predicted molar refractivity (Wildman–Crippen MR) is 56.9 cm³/mol. The van der Waals surface area contributed by atoms with Crippen molar-refractivity contribution in [3.8, 4) is 0 Å². The molecule has 7 heteroatoms. The van der Waals surface area contributed by atoms with Gasteiger partial charge >= 0.3 is 12.1 Å². The number of hydroxylamine groups is 2. The van der Waals surface area contributed by atoms with E-state index in [1.807, 2.05) is 0 Å². The van der Waals surface area contributed by atoms with E-state index in [1.54, 1.807) is 27.7 Å². The van der Waals surface area contributed by atoms with Crippen molar-refractivity contribution in [3.63, 3.8) is 0 Å². The highest BCUT2D eigenvalue weighted by atomic mass is 16.6. The molecule has 0 saturated heterocycles. The highest BCUT2D eigenvalue weighted by molar-refractivity contribution is 5.71. The number of nitrogens with zero attached hydrogens (tertiary/aromatic N) is 1. The fourth-order valence-corrected chi connectivity index (χ4v) is 0.823. The zero-order chi connectivity index (χ0) is 12.9. The van der Waals surface area contributed by atoms with Crippen LogP contribution in [0.3, 0.4) is 0 Å². The molecule has 0 aromatic carbocycles. The third-order valence-electron chi connectivity index (χ3n) is 1.57. The molecule has 0 rings (SSSR count). The van der Waals surface area contributed by atoms with Gasteiger partial charge < -0.3 is 15.8 Å². The lowest BCUT2D eigenvalue weighted by molar-refractivity contribution is -0.115. The second kappa shape index (κ2) is 5.55. The Morgan fingerprint density at radius 2 is 2.00 bits per heavy atom. The molecule has 0 radical (unpaired) electrons. The molecule has 0 aliphatic rings. The number of carbonyl (C=O) groups excluding carboxylic acids is 2. The number of urea groups is 1. The Bertz CT molecular complexity index is 262. The first-order chi connectivity index (χ1) is 7.13. The highest BCUT2D eigenvalue weighted by Gasteiger charge is 2.24. The van der Waals surface area contributed by atoms with E-state index in [0.29, 0.717) is 5.06 Å². The largest absolute Gasteiger partial charge is 0.442 e. The highest BCUT2D eigenvalue weighted by Crippen LogP contribution is 2.10. The summed E-state index contributed by atoms with van der Waals surface area (Å²) in [4.78, 5) is 21.8. The molecule has 0 spiro atoms. The molecule has 0 saturated carbocycles. The number of carbonyl (C=O) groups is 2. The van der Waals surface area contributed by atoms with E-state index in [2.05, 4.69) is 5.32 Å². The maximum absolute atomic E-state index is 11.4. The molecule has 0 unspecified atom stereocenters. The van der Waals surface area contributed by atoms with Gasteiger partial charge in [0.1, 0.15) is 5.60 Å². The van der Waals surface area contributed by atoms with Crippen molar-refractivity contribution in [1.29, 1.82) is 0 Å². The third-order valence-corrected chi connectivity index (χ3v) is 1.57. The zero-order valence-electron chi connectivity index (χ0n) is 9.98. The van der Waals surface area contributed by atoms with Gasteiger partial charge in [-0.2, -0.15) is 5.06 Å². The van der Waals surface area contributed by atoms with E-state index in [9.17, 15) is 14.8 Å². The van der Waals surface area contributed by atoms with Crippen LogP contribution in [0.5, 0.6) is 0 Å². The fourth-order valence-electron chi connectivity index (χ4n) is 0.823. The molecule has 4 N–H and O–H groups in total. The lowest BCUT2D eigenvalue weighted by atomic mass is 10.2. The molecule has 0 heterocycles. The lowest BCUT2D eigenvalue weighted by Gasteiger charge is -2.26. The van der Waals surface area contributed by atoms with Crippen LogP contribution >= 0.6 is 0 Å². The van der Waals surface area contributed by atoms with Crippen molar-refractivity contribution < 1.29 is 19.5 Å². The lowest BCUT2D eigenvalue weighted by Crippen LogP contribution is -2.46. The molecule has 0 aromatic heterocycles. The van der Waals surface area contributed by atoms with Crippen LogP contribution in [0, 0.1) is 0 Å². The summed E-state index contributed by atoms with van der Waals surface area (Å²) in [5, 5.41) is 12.1. The summed E-state index contributed by atoms with van der Waals surface area (Å²) in [5.41, 5.74) is 4.17. The number of hydrogen-bond acceptors (Lipinski definition) is 4. The number of nitrogens with one attached hydrogen (secondary N) is 1. The summed E-state index contributed by atoms with van der Waals surface area (Å²) in [6.07, 6.45) is -0.869. The van der Waals surface area contributed by atoms with Gasteiger partial charge in [-0.05, 0) is 27.7 Å². The fraction of sp³-hybridized carbons (Fsp3) is 0.778. The number of amides is 3. The van der Waals surface area contributed by atoms with E-state index >= 15 is 0 Å². The van der Waals surface area contributed by atoms with Gasteiger partial charge in [0.25, 0.3) is 0 Å². The minimum atomic E-state index is -0.869. The first-order valence-corrected chi connectivity index (χ1v) is 4.88. The maximum Gasteiger partial charge on any atom is 0.434 e. The minimum Gasteiger partial charge on any atom is -0.442 e. The van der Waals surface area contributed by atoms with Gasteiger partial charge in [0, 0.05) is 6.54 Å². The first-order valence-electron chi connectivity index (χ1n) is 4.88. The molecule has 7 nitrogen and oxygen atoms in total. The van der Waals surface area contributed by atoms with Crippen LogP contribution in [-0.2, 0) is 4.74 Å². The standard InChI is InChI=1S/C9H19N3O4/c1-6(5-11-7(10)13)12(15)8(14)16-9(2,3)4/h6,15H,5H2,1-4H3,(H3,10,11,13)/t6-/m1/s1. The van der Waals surface area contributed by atoms with Crippen molar-refractivity contribution in [3.05, 3.63) is 0 Å². The quantitative estimate of drug-likeness (QED) is 0.492. The van der Waals surface area contributed by atoms with Gasteiger partial charge in [0.15, 0.2) is 0 Å². The van der Waals surface area contributed by atoms with E-state index in [1.165, 1.54) is 0 Å². The van der Waals surface area contributed by atoms with Crippen molar-refractivity contribution in [2.75, 3.05) is 6.54 Å². The van der Waals surface area contributed by atoms with Crippen LogP contribution in [0.25, 0.3) is 0 Å². The van der Waals surface area contributed by atoms with E-state index < -0.39 is 23.8 Å². The number of rotatable bonds is 3. The molecule has 0 aliphatic heterocycles. The van der Waals surface area contributed by atoms with E-state index in [-0.39, 0.29) is 6.54 Å². The Morgan fingerprint density at radius 1 is 1.50 bits per heavy atom. The smallest absolute Gasteiger partial charge is 0.434 e. The third kappa shape index (κ3) is 6.07. The second-order valence-corrected chi connectivity index (χ2v) is 4.42. The van der Waals surface area contributed by atoms with Crippen molar-refractivity contribution in [1.82, 2.24) is 10.4 Å². The molecule has 3 amide bonds. The number of primary amides is 1. The zero-order valence-corrected chi connectivity index (χ0v) is 9.98. The Morgan fingerprint density at radius 3 is 2.38 bits per heavy atom. The van der Waals surface area contributed by atoms with Gasteiger partial charge in [0.2, 0.25) is 0 Å². The van der Waals surface area contributed by atoms with Gasteiger partial charge in [-0.25, -0.2) is 9.59 Å². The van der Waals surface area contributed by atoms with Crippen LogP contribution in [0.2, 0.25) is 0 Å². The average molecular weight is 233 g/mol. The molecule has 94 valence electrons. The molecule has 16 heavy (non-hydrogen) atoms. The molecule has 0 aromatic rings. The summed E-state index contributed by atoms with van der Waals surface area (Å²) >= 11 is 0. The summed E-state index contributed by atoms with van der Waals surface area (Å²) in [6.45, 7) is 6.64. The molecular formula is C9H19N3O4. The normalized spacial score (nSPS) is 12.8. The van der Waals surface area contributed by atoms with Crippen LogP contribution in [0.4, 0.5) is 9.59 Å². The summed E-state index contributed by atoms with van der Waals surface area (Å²) in [7, 11) is 0.